The Bertz CT molecular complexity index is 1670. The zero-order chi connectivity index (χ0) is 25.0. The summed E-state index contributed by atoms with van der Waals surface area (Å²) in [4.78, 5) is 2.22. The minimum Gasteiger partial charge on any atom is -0.311 e. The lowest BCUT2D eigenvalue weighted by Crippen LogP contribution is -2.09. The Hall–Kier alpha value is -5.13. The van der Waals surface area contributed by atoms with Crippen molar-refractivity contribution in [3.8, 4) is 6.07 Å². The molecule has 6 aromatic carbocycles. The van der Waals surface area contributed by atoms with Gasteiger partial charge in [0.25, 0.3) is 0 Å². The summed E-state index contributed by atoms with van der Waals surface area (Å²) in [5.41, 5.74) is 5.81. The van der Waals surface area contributed by atoms with E-state index in [-0.39, 0.29) is 0 Å². The van der Waals surface area contributed by atoms with E-state index in [1.54, 1.807) is 0 Å². The Morgan fingerprint density at radius 2 is 1.00 bits per heavy atom. The van der Waals surface area contributed by atoms with Crippen LogP contribution in [0.4, 0.5) is 17.1 Å². The normalized spacial score (nSPS) is 11.4. The number of nitrogens with zero attached hydrogens (tertiary/aromatic N) is 2. The summed E-state index contributed by atoms with van der Waals surface area (Å²) in [6, 6.07) is 50.3. The summed E-state index contributed by atoms with van der Waals surface area (Å²) in [5, 5.41) is 14.8. The van der Waals surface area contributed by atoms with Crippen molar-refractivity contribution in [2.45, 2.75) is 0 Å². The van der Waals surface area contributed by atoms with Gasteiger partial charge < -0.3 is 4.90 Å². The third kappa shape index (κ3) is 4.35. The molecule has 0 saturated carbocycles. The number of para-hydroxylation sites is 2. The number of allylic oxidation sites excluding steroid dienone is 1. The molecular formula is C35H24N2. The van der Waals surface area contributed by atoms with Crippen molar-refractivity contribution >= 4 is 50.3 Å². The van der Waals surface area contributed by atoms with E-state index in [0.29, 0.717) is 5.57 Å². The fourth-order valence-corrected chi connectivity index (χ4v) is 4.92. The van der Waals surface area contributed by atoms with E-state index in [4.69, 9.17) is 0 Å². The molecule has 2 nitrogen and oxygen atoms in total. The third-order valence-corrected chi connectivity index (χ3v) is 6.69. The van der Waals surface area contributed by atoms with E-state index in [1.807, 2.05) is 54.6 Å². The highest BCUT2D eigenvalue weighted by molar-refractivity contribution is 6.10. The van der Waals surface area contributed by atoms with E-state index in [2.05, 4.69) is 102 Å². The Morgan fingerprint density at radius 3 is 1.51 bits per heavy atom. The largest absolute Gasteiger partial charge is 0.311 e. The summed E-state index contributed by atoms with van der Waals surface area (Å²) >= 11 is 0. The van der Waals surface area contributed by atoms with Gasteiger partial charge in [0.1, 0.15) is 0 Å². The quantitative estimate of drug-likeness (QED) is 0.142. The summed E-state index contributed by atoms with van der Waals surface area (Å²) in [6.45, 7) is 0. The molecule has 0 unspecified atom stereocenters. The molecule has 6 aromatic rings. The van der Waals surface area contributed by atoms with E-state index in [0.717, 1.165) is 39.0 Å². The molecule has 0 heterocycles. The van der Waals surface area contributed by atoms with Gasteiger partial charge in [-0.05, 0) is 81.2 Å². The van der Waals surface area contributed by atoms with Crippen LogP contribution in [0.1, 0.15) is 11.1 Å². The van der Waals surface area contributed by atoms with Crippen LogP contribution in [0.5, 0.6) is 0 Å². The Labute approximate surface area is 217 Å². The second-order valence-corrected chi connectivity index (χ2v) is 8.96. The average molecular weight is 473 g/mol. The summed E-state index contributed by atoms with van der Waals surface area (Å²) in [7, 11) is 0. The summed E-state index contributed by atoms with van der Waals surface area (Å²) < 4.78 is 0. The van der Waals surface area contributed by atoms with Gasteiger partial charge in [0.05, 0.1) is 11.6 Å². The molecular weight excluding hydrogens is 448 g/mol. The number of hydrogen-bond acceptors (Lipinski definition) is 2. The van der Waals surface area contributed by atoms with Gasteiger partial charge in [0.15, 0.2) is 0 Å². The Balaban J connectivity index is 1.45. The highest BCUT2D eigenvalue weighted by Gasteiger charge is 2.13. The SMILES string of the molecule is N#C/C(=C\c1c2ccccc2cc2ccccc12)c1ccc(N(c2ccccc2)c2ccccc2)cc1. The molecule has 37 heavy (non-hydrogen) atoms. The molecule has 2 heteroatoms. The van der Waals surface area contributed by atoms with Crippen LogP contribution in [-0.4, -0.2) is 0 Å². The predicted octanol–water partition coefficient (Wildman–Crippen LogP) is 9.53. The zero-order valence-electron chi connectivity index (χ0n) is 20.3. The minimum absolute atomic E-state index is 0.638. The predicted molar refractivity (Wildman–Crippen MR) is 156 cm³/mol. The van der Waals surface area contributed by atoms with E-state index in [9.17, 15) is 5.26 Å². The van der Waals surface area contributed by atoms with Gasteiger partial charge in [-0.3, -0.25) is 0 Å². The number of nitriles is 1. The van der Waals surface area contributed by atoms with Gasteiger partial charge in [0.2, 0.25) is 0 Å². The monoisotopic (exact) mass is 472 g/mol. The maximum Gasteiger partial charge on any atom is 0.0998 e. The number of rotatable bonds is 5. The van der Waals surface area contributed by atoms with Crippen molar-refractivity contribution in [2.24, 2.45) is 0 Å². The number of fused-ring (bicyclic) bond motifs is 2. The third-order valence-electron chi connectivity index (χ3n) is 6.69. The topological polar surface area (TPSA) is 27.0 Å². The highest BCUT2D eigenvalue weighted by Crippen LogP contribution is 2.36. The van der Waals surface area contributed by atoms with Gasteiger partial charge in [-0.1, -0.05) is 97.1 Å². The molecule has 0 aromatic heterocycles. The Kier molecular flexibility index (Phi) is 5.95. The van der Waals surface area contributed by atoms with Crippen LogP contribution in [0.15, 0.2) is 140 Å². The van der Waals surface area contributed by atoms with Gasteiger partial charge in [-0.25, -0.2) is 0 Å². The first-order valence-electron chi connectivity index (χ1n) is 12.3. The first kappa shape index (κ1) is 22.3. The molecule has 0 N–H and O–H groups in total. The second-order valence-electron chi connectivity index (χ2n) is 8.96. The van der Waals surface area contributed by atoms with Crippen molar-refractivity contribution < 1.29 is 0 Å². The molecule has 0 atom stereocenters. The fraction of sp³-hybridized carbons (Fsp3) is 0. The molecule has 0 amide bonds. The van der Waals surface area contributed by atoms with Crippen LogP contribution < -0.4 is 4.90 Å². The zero-order valence-corrected chi connectivity index (χ0v) is 20.3. The fourth-order valence-electron chi connectivity index (χ4n) is 4.92. The number of hydrogen-bond donors (Lipinski definition) is 0. The molecule has 0 aliphatic rings. The van der Waals surface area contributed by atoms with Crippen LogP contribution in [0.3, 0.4) is 0 Å². The van der Waals surface area contributed by atoms with Crippen LogP contribution in [0, 0.1) is 11.3 Å². The first-order valence-corrected chi connectivity index (χ1v) is 12.3. The van der Waals surface area contributed by atoms with Crippen molar-refractivity contribution in [2.75, 3.05) is 4.90 Å². The van der Waals surface area contributed by atoms with Crippen LogP contribution in [-0.2, 0) is 0 Å². The van der Waals surface area contributed by atoms with E-state index >= 15 is 0 Å². The molecule has 0 aliphatic heterocycles. The van der Waals surface area contributed by atoms with Gasteiger partial charge >= 0.3 is 0 Å². The van der Waals surface area contributed by atoms with Gasteiger partial charge in [-0.15, -0.1) is 0 Å². The molecule has 0 spiro atoms. The van der Waals surface area contributed by atoms with Crippen molar-refractivity contribution in [3.05, 3.63) is 151 Å². The van der Waals surface area contributed by atoms with Gasteiger partial charge in [-0.2, -0.15) is 5.26 Å². The molecule has 0 aliphatic carbocycles. The maximum atomic E-state index is 10.2. The van der Waals surface area contributed by atoms with Crippen molar-refractivity contribution in [1.82, 2.24) is 0 Å². The number of anilines is 3. The maximum absolute atomic E-state index is 10.2. The minimum atomic E-state index is 0.638. The van der Waals surface area contributed by atoms with Crippen molar-refractivity contribution in [3.63, 3.8) is 0 Å². The molecule has 0 fully saturated rings. The highest BCUT2D eigenvalue weighted by atomic mass is 15.1. The van der Waals surface area contributed by atoms with E-state index in [1.165, 1.54) is 10.8 Å². The van der Waals surface area contributed by atoms with Crippen LogP contribution >= 0.6 is 0 Å². The lowest BCUT2D eigenvalue weighted by Gasteiger charge is -2.25. The van der Waals surface area contributed by atoms with Crippen LogP contribution in [0.25, 0.3) is 33.2 Å². The second kappa shape index (κ2) is 9.85. The Morgan fingerprint density at radius 1 is 0.541 bits per heavy atom. The van der Waals surface area contributed by atoms with Crippen LogP contribution in [0.2, 0.25) is 0 Å². The molecule has 0 radical (unpaired) electrons. The summed E-state index contributed by atoms with van der Waals surface area (Å²) in [5.74, 6) is 0. The van der Waals surface area contributed by atoms with E-state index < -0.39 is 0 Å². The first-order chi connectivity index (χ1) is 18.3. The number of benzene rings is 6. The lowest BCUT2D eigenvalue weighted by atomic mass is 9.94. The standard InChI is InChI=1S/C35H24N2/c36-25-29(24-35-33-17-9-7-11-27(33)23-28-12-8-10-18-34(28)35)26-19-21-32(22-20-26)37(30-13-3-1-4-14-30)31-15-5-2-6-16-31/h1-24H/b29-24+. The molecule has 0 saturated heterocycles. The van der Waals surface area contributed by atoms with Crippen molar-refractivity contribution in [1.29, 1.82) is 5.26 Å². The molecule has 174 valence electrons. The smallest absolute Gasteiger partial charge is 0.0998 e. The molecule has 0 bridgehead atoms. The average Bonchev–Trinajstić information content (AvgIpc) is 2.97. The summed E-state index contributed by atoms with van der Waals surface area (Å²) in [6.07, 6.45) is 2.03. The van der Waals surface area contributed by atoms with Gasteiger partial charge in [0, 0.05) is 17.1 Å². The lowest BCUT2D eigenvalue weighted by molar-refractivity contribution is 1.28. The molecule has 6 rings (SSSR count).